The molecule has 0 aliphatic rings. The summed E-state index contributed by atoms with van der Waals surface area (Å²) < 4.78 is 9.79. The van der Waals surface area contributed by atoms with Crippen LogP contribution < -0.4 is 5.32 Å². The number of carbonyl (C=O) groups excluding carboxylic acids is 1. The third-order valence-electron chi connectivity index (χ3n) is 1.96. The van der Waals surface area contributed by atoms with E-state index in [1.54, 1.807) is 5.38 Å². The Morgan fingerprint density at radius 1 is 1.41 bits per heavy atom. The van der Waals surface area contributed by atoms with E-state index < -0.39 is 6.09 Å². The number of amides is 1. The molecule has 6 heteroatoms. The number of aromatic nitrogens is 1. The number of ether oxygens (including phenoxy) is 1. The van der Waals surface area contributed by atoms with Crippen molar-refractivity contribution in [3.8, 4) is 0 Å². The summed E-state index contributed by atoms with van der Waals surface area (Å²) in [4.78, 5) is 11.4. The van der Waals surface area contributed by atoms with Crippen molar-refractivity contribution >= 4 is 39.4 Å². The van der Waals surface area contributed by atoms with E-state index in [0.717, 1.165) is 10.0 Å². The highest BCUT2D eigenvalue weighted by molar-refractivity contribution is 9.10. The third-order valence-corrected chi connectivity index (χ3v) is 3.50. The molecule has 2 aromatic rings. The van der Waals surface area contributed by atoms with Crippen LogP contribution in [0.2, 0.25) is 0 Å². The molecule has 1 aromatic heterocycles. The van der Waals surface area contributed by atoms with Crippen LogP contribution in [0.1, 0.15) is 5.56 Å². The summed E-state index contributed by atoms with van der Waals surface area (Å²) in [5, 5.41) is 4.34. The quantitative estimate of drug-likeness (QED) is 0.941. The number of anilines is 1. The fourth-order valence-electron chi connectivity index (χ4n) is 1.16. The predicted molar refractivity (Wildman–Crippen MR) is 70.1 cm³/mol. The highest BCUT2D eigenvalue weighted by Gasteiger charge is 2.08. The van der Waals surface area contributed by atoms with E-state index in [2.05, 4.69) is 25.6 Å². The normalized spacial score (nSPS) is 9.94. The van der Waals surface area contributed by atoms with Crippen molar-refractivity contribution < 1.29 is 9.53 Å². The third kappa shape index (κ3) is 3.54. The Morgan fingerprint density at radius 3 is 2.82 bits per heavy atom. The second kappa shape index (κ2) is 5.79. The summed E-state index contributed by atoms with van der Waals surface area (Å²) in [5.74, 6) is 0.480. The van der Waals surface area contributed by atoms with Crippen LogP contribution in [0.15, 0.2) is 40.2 Å². The molecule has 1 amide bonds. The lowest BCUT2D eigenvalue weighted by atomic mass is 10.2. The first kappa shape index (κ1) is 12.1. The molecule has 0 saturated carbocycles. The van der Waals surface area contributed by atoms with Crippen molar-refractivity contribution in [2.75, 3.05) is 5.32 Å². The van der Waals surface area contributed by atoms with E-state index in [1.807, 2.05) is 30.3 Å². The molecule has 0 unspecified atom stereocenters. The van der Waals surface area contributed by atoms with Crippen molar-refractivity contribution in [1.82, 2.24) is 4.37 Å². The van der Waals surface area contributed by atoms with Gasteiger partial charge in [0.05, 0.1) is 4.47 Å². The minimum absolute atomic E-state index is 0.244. The number of carbonyl (C=O) groups is 1. The van der Waals surface area contributed by atoms with Gasteiger partial charge < -0.3 is 4.74 Å². The summed E-state index contributed by atoms with van der Waals surface area (Å²) in [6.45, 7) is 0.244. The minimum atomic E-state index is -0.513. The van der Waals surface area contributed by atoms with Crippen LogP contribution in [0.25, 0.3) is 0 Å². The van der Waals surface area contributed by atoms with E-state index >= 15 is 0 Å². The number of hydrogen-bond acceptors (Lipinski definition) is 4. The highest BCUT2D eigenvalue weighted by Crippen LogP contribution is 2.22. The average Bonchev–Trinajstić information content (AvgIpc) is 2.74. The SMILES string of the molecule is O=C(Nc1nscc1Br)OCc1ccccc1. The van der Waals surface area contributed by atoms with Crippen LogP contribution in [0.3, 0.4) is 0 Å². The minimum Gasteiger partial charge on any atom is -0.444 e. The summed E-state index contributed by atoms with van der Waals surface area (Å²) in [6, 6.07) is 9.50. The van der Waals surface area contributed by atoms with Crippen molar-refractivity contribution in [3.63, 3.8) is 0 Å². The smallest absolute Gasteiger partial charge is 0.413 e. The van der Waals surface area contributed by atoms with Gasteiger partial charge in [-0.05, 0) is 33.0 Å². The van der Waals surface area contributed by atoms with Crippen molar-refractivity contribution in [3.05, 3.63) is 45.7 Å². The molecule has 0 aliphatic heterocycles. The Labute approximate surface area is 111 Å². The maximum Gasteiger partial charge on any atom is 0.413 e. The lowest BCUT2D eigenvalue weighted by Gasteiger charge is -2.05. The monoisotopic (exact) mass is 312 g/mol. The molecule has 0 fully saturated rings. The zero-order valence-electron chi connectivity index (χ0n) is 8.72. The fraction of sp³-hybridized carbons (Fsp3) is 0.0909. The van der Waals surface area contributed by atoms with Crippen LogP contribution >= 0.6 is 27.5 Å². The topological polar surface area (TPSA) is 51.2 Å². The molecule has 1 heterocycles. The van der Waals surface area contributed by atoms with Crippen molar-refractivity contribution in [2.24, 2.45) is 0 Å². The molecule has 0 spiro atoms. The molecule has 17 heavy (non-hydrogen) atoms. The van der Waals surface area contributed by atoms with E-state index in [4.69, 9.17) is 4.74 Å². The van der Waals surface area contributed by atoms with Gasteiger partial charge in [0.25, 0.3) is 0 Å². The molecule has 1 aromatic carbocycles. The lowest BCUT2D eigenvalue weighted by Crippen LogP contribution is -2.13. The molecule has 88 valence electrons. The van der Waals surface area contributed by atoms with Gasteiger partial charge in [-0.3, -0.25) is 5.32 Å². The molecule has 1 N–H and O–H groups in total. The van der Waals surface area contributed by atoms with Gasteiger partial charge in [0.15, 0.2) is 5.82 Å². The molecule has 0 aliphatic carbocycles. The van der Waals surface area contributed by atoms with E-state index in [9.17, 15) is 4.79 Å². The largest absolute Gasteiger partial charge is 0.444 e. The Balaban J connectivity index is 1.85. The number of nitrogens with one attached hydrogen (secondary N) is 1. The molecule has 0 bridgehead atoms. The van der Waals surface area contributed by atoms with Gasteiger partial charge in [0.2, 0.25) is 0 Å². The van der Waals surface area contributed by atoms with Crippen LogP contribution in [-0.2, 0) is 11.3 Å². The summed E-state index contributed by atoms with van der Waals surface area (Å²) in [5.41, 5.74) is 0.944. The van der Waals surface area contributed by atoms with Gasteiger partial charge in [0, 0.05) is 5.38 Å². The van der Waals surface area contributed by atoms with Gasteiger partial charge in [-0.15, -0.1) is 0 Å². The van der Waals surface area contributed by atoms with E-state index in [0.29, 0.717) is 5.82 Å². The van der Waals surface area contributed by atoms with E-state index in [-0.39, 0.29) is 6.61 Å². The average molecular weight is 313 g/mol. The Kier molecular flexibility index (Phi) is 4.11. The number of nitrogens with zero attached hydrogens (tertiary/aromatic N) is 1. The molecular formula is C11H9BrN2O2S. The molecule has 0 atom stereocenters. The zero-order valence-corrected chi connectivity index (χ0v) is 11.1. The van der Waals surface area contributed by atoms with Crippen LogP contribution in [0, 0.1) is 0 Å². The first-order chi connectivity index (χ1) is 8.25. The number of halogens is 1. The Morgan fingerprint density at radius 2 is 2.18 bits per heavy atom. The summed E-state index contributed by atoms with van der Waals surface area (Å²) in [7, 11) is 0. The Hall–Kier alpha value is -1.40. The predicted octanol–water partition coefficient (Wildman–Crippen LogP) is 3.65. The number of benzene rings is 1. The van der Waals surface area contributed by atoms with Crippen LogP contribution in [0.4, 0.5) is 10.6 Å². The lowest BCUT2D eigenvalue weighted by molar-refractivity contribution is 0.155. The van der Waals surface area contributed by atoms with E-state index in [1.165, 1.54) is 11.5 Å². The van der Waals surface area contributed by atoms with Crippen molar-refractivity contribution in [1.29, 1.82) is 0 Å². The molecule has 0 saturated heterocycles. The van der Waals surface area contributed by atoms with Gasteiger partial charge >= 0.3 is 6.09 Å². The zero-order chi connectivity index (χ0) is 12.1. The number of rotatable bonds is 3. The van der Waals surface area contributed by atoms with Crippen LogP contribution in [-0.4, -0.2) is 10.5 Å². The van der Waals surface area contributed by atoms with Crippen molar-refractivity contribution in [2.45, 2.75) is 6.61 Å². The number of hydrogen-bond donors (Lipinski definition) is 1. The molecular weight excluding hydrogens is 304 g/mol. The maximum absolute atomic E-state index is 11.4. The summed E-state index contributed by atoms with van der Waals surface area (Å²) >= 11 is 4.52. The van der Waals surface area contributed by atoms with Gasteiger partial charge in [-0.2, -0.15) is 4.37 Å². The second-order valence-electron chi connectivity index (χ2n) is 3.20. The first-order valence-corrected chi connectivity index (χ1v) is 6.46. The second-order valence-corrected chi connectivity index (χ2v) is 4.68. The molecule has 2 rings (SSSR count). The fourth-order valence-corrected chi connectivity index (χ4v) is 2.23. The van der Waals surface area contributed by atoms with Gasteiger partial charge in [-0.1, -0.05) is 30.3 Å². The molecule has 4 nitrogen and oxygen atoms in total. The first-order valence-electron chi connectivity index (χ1n) is 4.83. The standard InChI is InChI=1S/C11H9BrN2O2S/c12-9-7-17-14-10(9)13-11(15)16-6-8-4-2-1-3-5-8/h1-5,7H,6H2,(H,13,14,15). The van der Waals surface area contributed by atoms with Gasteiger partial charge in [0.1, 0.15) is 6.61 Å². The van der Waals surface area contributed by atoms with Crippen LogP contribution in [0.5, 0.6) is 0 Å². The Bertz CT molecular complexity index is 501. The maximum atomic E-state index is 11.4. The van der Waals surface area contributed by atoms with Gasteiger partial charge in [-0.25, -0.2) is 4.79 Å². The summed E-state index contributed by atoms with van der Waals surface area (Å²) in [6.07, 6.45) is -0.513. The highest BCUT2D eigenvalue weighted by atomic mass is 79.9. The molecule has 0 radical (unpaired) electrons.